The van der Waals surface area contributed by atoms with Crippen LogP contribution in [0, 0.1) is 5.92 Å². The van der Waals surface area contributed by atoms with Crippen LogP contribution in [0.15, 0.2) is 53.4 Å². The van der Waals surface area contributed by atoms with Gasteiger partial charge in [-0.2, -0.15) is 0 Å². The first-order chi connectivity index (χ1) is 10.9. The number of benzene rings is 2. The van der Waals surface area contributed by atoms with Crippen molar-refractivity contribution in [2.45, 2.75) is 31.6 Å². The van der Waals surface area contributed by atoms with Gasteiger partial charge in [0.2, 0.25) is 10.0 Å². The van der Waals surface area contributed by atoms with Crippen molar-refractivity contribution in [1.82, 2.24) is 4.72 Å². The first-order valence-corrected chi connectivity index (χ1v) is 9.56. The zero-order chi connectivity index (χ0) is 16.9. The number of rotatable bonds is 7. The molecule has 124 valence electrons. The van der Waals surface area contributed by atoms with Crippen LogP contribution in [0.1, 0.15) is 25.0 Å². The SMILES string of the molecule is CC(C)Cc1ccc(S(=O)(=O)NCCc2ccc(Cl)cc2)cc1. The van der Waals surface area contributed by atoms with Crippen LogP contribution in [0.4, 0.5) is 0 Å². The molecule has 23 heavy (non-hydrogen) atoms. The normalized spacial score (nSPS) is 11.8. The lowest BCUT2D eigenvalue weighted by Crippen LogP contribution is -2.26. The van der Waals surface area contributed by atoms with E-state index in [1.165, 1.54) is 0 Å². The molecule has 0 spiro atoms. The third-order valence-corrected chi connectivity index (χ3v) is 5.23. The summed E-state index contributed by atoms with van der Waals surface area (Å²) in [6, 6.07) is 14.5. The molecular formula is C18H22ClNO2S. The maximum atomic E-state index is 12.3. The molecule has 0 aliphatic heterocycles. The number of halogens is 1. The van der Waals surface area contributed by atoms with E-state index in [0.717, 1.165) is 17.5 Å². The van der Waals surface area contributed by atoms with Crippen LogP contribution in [0.25, 0.3) is 0 Å². The highest BCUT2D eigenvalue weighted by atomic mass is 35.5. The van der Waals surface area contributed by atoms with E-state index in [0.29, 0.717) is 28.8 Å². The van der Waals surface area contributed by atoms with E-state index < -0.39 is 10.0 Å². The van der Waals surface area contributed by atoms with Gasteiger partial charge in [-0.15, -0.1) is 0 Å². The molecule has 0 heterocycles. The largest absolute Gasteiger partial charge is 0.240 e. The van der Waals surface area contributed by atoms with E-state index >= 15 is 0 Å². The van der Waals surface area contributed by atoms with Crippen LogP contribution < -0.4 is 4.72 Å². The quantitative estimate of drug-likeness (QED) is 0.817. The van der Waals surface area contributed by atoms with Gasteiger partial charge in [-0.25, -0.2) is 13.1 Å². The van der Waals surface area contributed by atoms with Crippen molar-refractivity contribution in [3.8, 4) is 0 Å². The van der Waals surface area contributed by atoms with Gasteiger partial charge in [0.25, 0.3) is 0 Å². The zero-order valence-electron chi connectivity index (χ0n) is 13.4. The molecule has 5 heteroatoms. The number of hydrogen-bond acceptors (Lipinski definition) is 2. The standard InChI is InChI=1S/C18H22ClNO2S/c1-14(2)13-16-5-9-18(10-6-16)23(21,22)20-12-11-15-3-7-17(19)8-4-15/h3-10,14,20H,11-13H2,1-2H3. The minimum Gasteiger partial charge on any atom is -0.211 e. The minimum absolute atomic E-state index is 0.307. The van der Waals surface area contributed by atoms with E-state index in [1.807, 2.05) is 24.3 Å². The Morgan fingerprint density at radius 1 is 0.957 bits per heavy atom. The summed E-state index contributed by atoms with van der Waals surface area (Å²) < 4.78 is 27.2. The maximum Gasteiger partial charge on any atom is 0.240 e. The predicted octanol–water partition coefficient (Wildman–Crippen LogP) is 4.06. The van der Waals surface area contributed by atoms with E-state index in [-0.39, 0.29) is 0 Å². The molecule has 0 radical (unpaired) electrons. The number of sulfonamides is 1. The lowest BCUT2D eigenvalue weighted by Gasteiger charge is -2.09. The van der Waals surface area contributed by atoms with E-state index in [2.05, 4.69) is 18.6 Å². The van der Waals surface area contributed by atoms with Gasteiger partial charge in [-0.1, -0.05) is 49.7 Å². The van der Waals surface area contributed by atoms with Gasteiger partial charge in [0.1, 0.15) is 0 Å². The molecule has 0 atom stereocenters. The monoisotopic (exact) mass is 351 g/mol. The Kier molecular flexibility index (Phi) is 6.22. The van der Waals surface area contributed by atoms with Crippen LogP contribution in [0.3, 0.4) is 0 Å². The lowest BCUT2D eigenvalue weighted by atomic mass is 10.0. The van der Waals surface area contributed by atoms with Gasteiger partial charge >= 0.3 is 0 Å². The summed E-state index contributed by atoms with van der Waals surface area (Å²) in [6.45, 7) is 4.64. The van der Waals surface area contributed by atoms with Gasteiger partial charge in [0.05, 0.1) is 4.90 Å². The summed E-state index contributed by atoms with van der Waals surface area (Å²) in [5, 5.41) is 0.677. The van der Waals surface area contributed by atoms with Crippen LogP contribution >= 0.6 is 11.6 Å². The molecule has 0 aliphatic rings. The average molecular weight is 352 g/mol. The predicted molar refractivity (Wildman–Crippen MR) is 95.3 cm³/mol. The van der Waals surface area contributed by atoms with Crippen LogP contribution in [0.2, 0.25) is 5.02 Å². The lowest BCUT2D eigenvalue weighted by molar-refractivity contribution is 0.581. The molecule has 0 amide bonds. The first-order valence-electron chi connectivity index (χ1n) is 7.70. The third-order valence-electron chi connectivity index (χ3n) is 3.50. The van der Waals surface area contributed by atoms with E-state index in [1.54, 1.807) is 24.3 Å². The fraction of sp³-hybridized carbons (Fsp3) is 0.333. The molecule has 0 fully saturated rings. The van der Waals surface area contributed by atoms with E-state index in [9.17, 15) is 8.42 Å². The second-order valence-corrected chi connectivity index (χ2v) is 8.22. The van der Waals surface area contributed by atoms with Crippen molar-refractivity contribution >= 4 is 21.6 Å². The van der Waals surface area contributed by atoms with Crippen molar-refractivity contribution in [1.29, 1.82) is 0 Å². The highest BCUT2D eigenvalue weighted by Gasteiger charge is 2.13. The van der Waals surface area contributed by atoms with E-state index in [4.69, 9.17) is 11.6 Å². The Balaban J connectivity index is 1.94. The Labute approximate surface area is 143 Å². The second kappa shape index (κ2) is 7.95. The summed E-state index contributed by atoms with van der Waals surface area (Å²) >= 11 is 5.83. The summed E-state index contributed by atoms with van der Waals surface area (Å²) in [5.74, 6) is 0.551. The molecule has 0 saturated carbocycles. The molecule has 2 aromatic carbocycles. The maximum absolute atomic E-state index is 12.3. The summed E-state index contributed by atoms with van der Waals surface area (Å²) in [6.07, 6.45) is 1.58. The molecule has 2 rings (SSSR count). The molecular weight excluding hydrogens is 330 g/mol. The molecule has 0 bridgehead atoms. The molecule has 0 unspecified atom stereocenters. The van der Waals surface area contributed by atoms with Crippen LogP contribution in [-0.2, 0) is 22.9 Å². The molecule has 0 aliphatic carbocycles. The van der Waals surface area contributed by atoms with Gasteiger partial charge in [0, 0.05) is 11.6 Å². The second-order valence-electron chi connectivity index (χ2n) is 6.02. The summed E-state index contributed by atoms with van der Waals surface area (Å²) in [5.41, 5.74) is 2.20. The van der Waals surface area contributed by atoms with Crippen molar-refractivity contribution in [3.05, 3.63) is 64.7 Å². The van der Waals surface area contributed by atoms with Gasteiger partial charge < -0.3 is 0 Å². The number of nitrogens with one attached hydrogen (secondary N) is 1. The van der Waals surface area contributed by atoms with Crippen LogP contribution in [0.5, 0.6) is 0 Å². The van der Waals surface area contributed by atoms with Gasteiger partial charge in [0.15, 0.2) is 0 Å². The Morgan fingerprint density at radius 3 is 2.09 bits per heavy atom. The first kappa shape index (κ1) is 18.0. The molecule has 0 saturated heterocycles. The molecule has 3 nitrogen and oxygen atoms in total. The highest BCUT2D eigenvalue weighted by Crippen LogP contribution is 2.14. The molecule has 2 aromatic rings. The molecule has 1 N–H and O–H groups in total. The zero-order valence-corrected chi connectivity index (χ0v) is 15.0. The summed E-state index contributed by atoms with van der Waals surface area (Å²) in [7, 11) is -3.46. The van der Waals surface area contributed by atoms with Crippen LogP contribution in [-0.4, -0.2) is 15.0 Å². The Bertz CT molecular complexity index is 723. The highest BCUT2D eigenvalue weighted by molar-refractivity contribution is 7.89. The fourth-order valence-electron chi connectivity index (χ4n) is 2.34. The average Bonchev–Trinajstić information content (AvgIpc) is 2.49. The topological polar surface area (TPSA) is 46.2 Å². The smallest absolute Gasteiger partial charge is 0.211 e. The van der Waals surface area contributed by atoms with Gasteiger partial charge in [-0.05, 0) is 54.2 Å². The molecule has 0 aromatic heterocycles. The van der Waals surface area contributed by atoms with Crippen molar-refractivity contribution < 1.29 is 8.42 Å². The van der Waals surface area contributed by atoms with Crippen molar-refractivity contribution in [2.75, 3.05) is 6.54 Å². The van der Waals surface area contributed by atoms with Gasteiger partial charge in [-0.3, -0.25) is 0 Å². The van der Waals surface area contributed by atoms with Crippen molar-refractivity contribution in [3.63, 3.8) is 0 Å². The van der Waals surface area contributed by atoms with Crippen molar-refractivity contribution in [2.24, 2.45) is 5.92 Å². The third kappa shape index (κ3) is 5.65. The fourth-order valence-corrected chi connectivity index (χ4v) is 3.50. The Hall–Kier alpha value is -1.36. The number of hydrogen-bond donors (Lipinski definition) is 1. The Morgan fingerprint density at radius 2 is 1.52 bits per heavy atom. The minimum atomic E-state index is -3.46. The summed E-state index contributed by atoms with van der Waals surface area (Å²) in [4.78, 5) is 0.307.